The van der Waals surface area contributed by atoms with Gasteiger partial charge in [-0.15, -0.1) is 0 Å². The third-order valence-corrected chi connectivity index (χ3v) is 6.29. The number of aliphatic carboxylic acids is 1. The Bertz CT molecular complexity index is 669. The predicted octanol–water partition coefficient (Wildman–Crippen LogP) is 1.87. The van der Waals surface area contributed by atoms with Gasteiger partial charge in [-0.05, 0) is 43.6 Å². The van der Waals surface area contributed by atoms with Crippen LogP contribution in [0.3, 0.4) is 0 Å². The van der Waals surface area contributed by atoms with Gasteiger partial charge in [0.05, 0.1) is 11.9 Å². The van der Waals surface area contributed by atoms with Crippen LogP contribution in [-0.2, 0) is 19.6 Å². The maximum Gasteiger partial charge on any atom is 0.332 e. The van der Waals surface area contributed by atoms with Crippen molar-refractivity contribution in [2.24, 2.45) is 0 Å². The fourth-order valence-electron chi connectivity index (χ4n) is 3.46. The number of hydrogen-bond acceptors (Lipinski definition) is 4. The van der Waals surface area contributed by atoms with Gasteiger partial charge in [-0.3, -0.25) is 0 Å². The Balaban J connectivity index is 1.48. The highest BCUT2D eigenvalue weighted by molar-refractivity contribution is 7.89. The Kier molecular flexibility index (Phi) is 5.22. The van der Waals surface area contributed by atoms with Gasteiger partial charge in [-0.25, -0.2) is 17.9 Å². The van der Waals surface area contributed by atoms with E-state index in [1.807, 2.05) is 18.2 Å². The fourth-order valence-corrected chi connectivity index (χ4v) is 4.99. The summed E-state index contributed by atoms with van der Waals surface area (Å²) in [7, 11) is -3.46. The number of carboxylic acids is 1. The van der Waals surface area contributed by atoms with Gasteiger partial charge in [0.2, 0.25) is 10.0 Å². The summed E-state index contributed by atoms with van der Waals surface area (Å²) in [5, 5.41) is 8.99. The molecule has 3 rings (SSSR count). The summed E-state index contributed by atoms with van der Waals surface area (Å²) in [6.45, 7) is 0. The lowest BCUT2D eigenvalue weighted by Gasteiger charge is -2.36. The molecule has 1 aliphatic carbocycles. The first-order valence-corrected chi connectivity index (χ1v) is 10.0. The van der Waals surface area contributed by atoms with Crippen LogP contribution in [0.25, 0.3) is 0 Å². The second-order valence-electron chi connectivity index (χ2n) is 6.69. The van der Waals surface area contributed by atoms with Crippen LogP contribution in [0.15, 0.2) is 30.3 Å². The molecule has 6 nitrogen and oxygen atoms in total. The maximum atomic E-state index is 12.3. The monoisotopic (exact) mass is 353 g/mol. The Morgan fingerprint density at radius 1 is 1.21 bits per heavy atom. The lowest BCUT2D eigenvalue weighted by Crippen LogP contribution is -2.47. The molecule has 2 N–H and O–H groups in total. The highest BCUT2D eigenvalue weighted by atomic mass is 32.2. The molecular weight excluding hydrogens is 330 g/mol. The van der Waals surface area contributed by atoms with Gasteiger partial charge >= 0.3 is 5.97 Å². The number of rotatable bonds is 6. The first kappa shape index (κ1) is 17.4. The SMILES string of the molecule is O=C(O)[C@@H]1CCC[C@@H](CS(=O)(=O)NC2CC(c3ccccc3)C2)O1. The summed E-state index contributed by atoms with van der Waals surface area (Å²) in [4.78, 5) is 11.0. The molecule has 1 aliphatic heterocycles. The summed E-state index contributed by atoms with van der Waals surface area (Å²) in [6.07, 6.45) is 1.88. The van der Waals surface area contributed by atoms with Gasteiger partial charge in [-0.2, -0.15) is 0 Å². The van der Waals surface area contributed by atoms with Crippen molar-refractivity contribution < 1.29 is 23.1 Å². The van der Waals surface area contributed by atoms with Crippen LogP contribution in [0.2, 0.25) is 0 Å². The summed E-state index contributed by atoms with van der Waals surface area (Å²) in [5.41, 5.74) is 1.24. The minimum absolute atomic E-state index is 0.0425. The van der Waals surface area contributed by atoms with Crippen molar-refractivity contribution in [2.45, 2.75) is 56.3 Å². The summed E-state index contributed by atoms with van der Waals surface area (Å²) in [5.74, 6) is -0.778. The first-order chi connectivity index (χ1) is 11.4. The van der Waals surface area contributed by atoms with E-state index in [9.17, 15) is 13.2 Å². The van der Waals surface area contributed by atoms with Crippen molar-refractivity contribution >= 4 is 16.0 Å². The smallest absolute Gasteiger partial charge is 0.332 e. The average molecular weight is 353 g/mol. The van der Waals surface area contributed by atoms with Crippen LogP contribution in [0.4, 0.5) is 0 Å². The Morgan fingerprint density at radius 3 is 2.58 bits per heavy atom. The van der Waals surface area contributed by atoms with Gasteiger partial charge in [0, 0.05) is 6.04 Å². The summed E-state index contributed by atoms with van der Waals surface area (Å²) >= 11 is 0. The molecule has 0 amide bonds. The number of sulfonamides is 1. The highest BCUT2D eigenvalue weighted by Gasteiger charge is 2.35. The molecular formula is C17H23NO5S. The van der Waals surface area contributed by atoms with Gasteiger partial charge < -0.3 is 9.84 Å². The molecule has 1 saturated heterocycles. The van der Waals surface area contributed by atoms with E-state index in [1.165, 1.54) is 5.56 Å². The normalized spacial score (nSPS) is 30.5. The van der Waals surface area contributed by atoms with E-state index in [2.05, 4.69) is 16.9 Å². The predicted molar refractivity (Wildman–Crippen MR) is 89.3 cm³/mol. The first-order valence-electron chi connectivity index (χ1n) is 8.36. The van der Waals surface area contributed by atoms with Crippen LogP contribution < -0.4 is 4.72 Å². The molecule has 0 radical (unpaired) electrons. The number of nitrogens with one attached hydrogen (secondary N) is 1. The molecule has 0 aromatic heterocycles. The molecule has 0 bridgehead atoms. The minimum atomic E-state index is -3.46. The Labute approximate surface area is 142 Å². The van der Waals surface area contributed by atoms with E-state index in [-0.39, 0.29) is 11.8 Å². The molecule has 0 unspecified atom stereocenters. The fraction of sp³-hybridized carbons (Fsp3) is 0.588. The number of ether oxygens (including phenoxy) is 1. The van der Waals surface area contributed by atoms with Gasteiger partial charge in [0.15, 0.2) is 6.10 Å². The van der Waals surface area contributed by atoms with Crippen LogP contribution >= 0.6 is 0 Å². The number of carbonyl (C=O) groups is 1. The molecule has 2 aliphatic rings. The molecule has 24 heavy (non-hydrogen) atoms. The molecule has 1 aromatic carbocycles. The lowest BCUT2D eigenvalue weighted by molar-refractivity contribution is -0.157. The van der Waals surface area contributed by atoms with E-state index in [4.69, 9.17) is 9.84 Å². The summed E-state index contributed by atoms with van der Waals surface area (Å²) in [6, 6.07) is 10.0. The van der Waals surface area contributed by atoms with Crippen molar-refractivity contribution in [3.63, 3.8) is 0 Å². The van der Waals surface area contributed by atoms with E-state index >= 15 is 0 Å². The zero-order valence-electron chi connectivity index (χ0n) is 13.4. The molecule has 2 fully saturated rings. The van der Waals surface area contributed by atoms with E-state index in [1.54, 1.807) is 0 Å². The van der Waals surface area contributed by atoms with Crippen LogP contribution in [-0.4, -0.2) is 43.5 Å². The summed E-state index contributed by atoms with van der Waals surface area (Å²) < 4.78 is 32.7. The molecule has 1 heterocycles. The maximum absolute atomic E-state index is 12.3. The van der Waals surface area contributed by atoms with E-state index in [0.717, 1.165) is 12.8 Å². The van der Waals surface area contributed by atoms with Crippen LogP contribution in [0, 0.1) is 0 Å². The van der Waals surface area contributed by atoms with Crippen molar-refractivity contribution in [3.05, 3.63) is 35.9 Å². The van der Waals surface area contributed by atoms with Crippen LogP contribution in [0.1, 0.15) is 43.6 Å². The molecule has 0 spiro atoms. The number of hydrogen-bond donors (Lipinski definition) is 2. The van der Waals surface area contributed by atoms with E-state index in [0.29, 0.717) is 25.2 Å². The lowest BCUT2D eigenvalue weighted by atomic mass is 9.76. The minimum Gasteiger partial charge on any atom is -0.479 e. The zero-order valence-corrected chi connectivity index (χ0v) is 14.2. The van der Waals surface area contributed by atoms with Gasteiger partial charge in [0.1, 0.15) is 0 Å². The third-order valence-electron chi connectivity index (χ3n) is 4.79. The molecule has 1 saturated carbocycles. The third kappa shape index (κ3) is 4.34. The van der Waals surface area contributed by atoms with Crippen molar-refractivity contribution in [2.75, 3.05) is 5.75 Å². The molecule has 2 atom stereocenters. The van der Waals surface area contributed by atoms with E-state index < -0.39 is 28.2 Å². The van der Waals surface area contributed by atoms with Crippen molar-refractivity contribution in [3.8, 4) is 0 Å². The standard InChI is InChI=1S/C17H23NO5S/c19-17(20)16-8-4-7-15(23-16)11-24(21,22)18-14-9-13(10-14)12-5-2-1-3-6-12/h1-3,5-6,13-16,18H,4,7-11H2,(H,19,20)/t13?,14?,15-,16-/m0/s1. The Morgan fingerprint density at radius 2 is 1.92 bits per heavy atom. The van der Waals surface area contributed by atoms with Gasteiger partial charge in [0.25, 0.3) is 0 Å². The number of carboxylic acid groups (broad SMARTS) is 1. The highest BCUT2D eigenvalue weighted by Crippen LogP contribution is 2.37. The average Bonchev–Trinajstić information content (AvgIpc) is 2.51. The second-order valence-corrected chi connectivity index (χ2v) is 8.49. The largest absolute Gasteiger partial charge is 0.479 e. The topological polar surface area (TPSA) is 92.7 Å². The molecule has 7 heteroatoms. The van der Waals surface area contributed by atoms with Crippen LogP contribution in [0.5, 0.6) is 0 Å². The zero-order chi connectivity index (χ0) is 17.2. The Hall–Kier alpha value is -1.44. The molecule has 132 valence electrons. The number of benzene rings is 1. The molecule has 1 aromatic rings. The van der Waals surface area contributed by atoms with Crippen molar-refractivity contribution in [1.82, 2.24) is 4.72 Å². The second kappa shape index (κ2) is 7.21. The van der Waals surface area contributed by atoms with Crippen molar-refractivity contribution in [1.29, 1.82) is 0 Å². The quantitative estimate of drug-likeness (QED) is 0.814. The van der Waals surface area contributed by atoms with Gasteiger partial charge in [-0.1, -0.05) is 30.3 Å².